The molecule has 39 heavy (non-hydrogen) atoms. The summed E-state index contributed by atoms with van der Waals surface area (Å²) in [6.07, 6.45) is 0.0997. The molecule has 0 spiro atoms. The molecule has 2 aromatic carbocycles. The Morgan fingerprint density at radius 3 is 1.87 bits per heavy atom. The molecule has 0 aliphatic carbocycles. The van der Waals surface area contributed by atoms with Crippen LogP contribution in [0.5, 0.6) is 11.5 Å². The van der Waals surface area contributed by atoms with E-state index < -0.39 is 37.6 Å². The van der Waals surface area contributed by atoms with Crippen LogP contribution < -0.4 is 20.1 Å². The first kappa shape index (κ1) is 29.6. The van der Waals surface area contributed by atoms with Crippen LogP contribution in [0.2, 0.25) is 18.1 Å². The summed E-state index contributed by atoms with van der Waals surface area (Å²) < 4.78 is 10.5. The molecule has 1 heterocycles. The van der Waals surface area contributed by atoms with Crippen molar-refractivity contribution in [3.63, 3.8) is 0 Å². The number of para-hydroxylation sites is 2. The lowest BCUT2D eigenvalue weighted by Gasteiger charge is -2.60. The summed E-state index contributed by atoms with van der Waals surface area (Å²) in [7, 11) is -1.19. The minimum absolute atomic E-state index is 0.00989. The van der Waals surface area contributed by atoms with Gasteiger partial charge in [-0.15, -0.1) is 0 Å². The van der Waals surface area contributed by atoms with Gasteiger partial charge in [0.2, 0.25) is 11.9 Å². The molecule has 1 fully saturated rings. The standard InChI is InChI=1S/C28H35N4O6Si/c1-27(2,3)32-22(19-33)28(23(32)34,39(4)5)17-12-18-29-24(30-25(35)37-20-13-8-6-9-14-20)31-26(36)38-21-15-10-7-11-16-21/h6-11,13-16,19,22H,12,17-18H2,1-5H3,(H2,29,30,31,35,36)/t22-,28+/m0/s1. The number of β-lactam (4-membered cyclic amide) rings is 1. The van der Waals surface area contributed by atoms with E-state index in [1.54, 1.807) is 65.6 Å². The normalized spacial score (nSPS) is 18.6. The second kappa shape index (κ2) is 12.7. The second-order valence-corrected chi connectivity index (χ2v) is 13.3. The van der Waals surface area contributed by atoms with E-state index in [1.807, 2.05) is 33.9 Å². The number of benzene rings is 2. The molecule has 10 nitrogen and oxygen atoms in total. The third kappa shape index (κ3) is 7.11. The van der Waals surface area contributed by atoms with E-state index in [2.05, 4.69) is 15.6 Å². The fraction of sp³-hybridized carbons (Fsp3) is 0.393. The zero-order chi connectivity index (χ0) is 28.6. The number of carbonyl (C=O) groups is 4. The lowest BCUT2D eigenvalue weighted by Crippen LogP contribution is -2.73. The van der Waals surface area contributed by atoms with Gasteiger partial charge in [-0.3, -0.25) is 20.4 Å². The summed E-state index contributed by atoms with van der Waals surface area (Å²) >= 11 is 0. The zero-order valence-corrected chi connectivity index (χ0v) is 23.9. The van der Waals surface area contributed by atoms with E-state index in [0.717, 1.165) is 6.29 Å². The third-order valence-electron chi connectivity index (χ3n) is 6.47. The highest BCUT2D eigenvalue weighted by Gasteiger charge is 2.64. The van der Waals surface area contributed by atoms with E-state index >= 15 is 0 Å². The Labute approximate surface area is 230 Å². The molecule has 0 saturated carbocycles. The fourth-order valence-corrected chi connectivity index (χ4v) is 6.64. The summed E-state index contributed by atoms with van der Waals surface area (Å²) in [5.41, 5.74) is -0.457. The lowest BCUT2D eigenvalue weighted by atomic mass is 9.79. The van der Waals surface area contributed by atoms with Gasteiger partial charge in [-0.2, -0.15) is 0 Å². The first-order valence-electron chi connectivity index (χ1n) is 12.7. The van der Waals surface area contributed by atoms with Crippen molar-refractivity contribution in [1.29, 1.82) is 0 Å². The number of nitrogens with one attached hydrogen (secondary N) is 2. The molecular formula is C28H35N4O6Si. The fourth-order valence-electron chi connectivity index (χ4n) is 4.63. The highest BCUT2D eigenvalue weighted by Crippen LogP contribution is 2.54. The monoisotopic (exact) mass is 551 g/mol. The molecular weight excluding hydrogens is 516 g/mol. The molecule has 2 N–H and O–H groups in total. The van der Waals surface area contributed by atoms with Gasteiger partial charge in [-0.25, -0.2) is 9.59 Å². The largest absolute Gasteiger partial charge is 0.419 e. The van der Waals surface area contributed by atoms with Crippen LogP contribution in [0.4, 0.5) is 9.59 Å². The number of guanidine groups is 1. The minimum atomic E-state index is -1.19. The Bertz CT molecular complexity index is 1140. The number of ether oxygens (including phenoxy) is 2. The first-order chi connectivity index (χ1) is 18.5. The van der Waals surface area contributed by atoms with Crippen LogP contribution in [0.1, 0.15) is 33.6 Å². The summed E-state index contributed by atoms with van der Waals surface area (Å²) in [6, 6.07) is 16.4. The smallest absolute Gasteiger partial charge is 0.410 e. The predicted octanol–water partition coefficient (Wildman–Crippen LogP) is 4.40. The Morgan fingerprint density at radius 2 is 1.46 bits per heavy atom. The molecule has 11 heteroatoms. The predicted molar refractivity (Wildman–Crippen MR) is 149 cm³/mol. The van der Waals surface area contributed by atoms with Crippen molar-refractivity contribution in [3.05, 3.63) is 60.7 Å². The van der Waals surface area contributed by atoms with Crippen molar-refractivity contribution in [2.75, 3.05) is 6.54 Å². The lowest BCUT2D eigenvalue weighted by molar-refractivity contribution is -0.166. The van der Waals surface area contributed by atoms with E-state index in [1.165, 1.54) is 0 Å². The number of hydrogen-bond acceptors (Lipinski definition) is 7. The van der Waals surface area contributed by atoms with Crippen molar-refractivity contribution in [3.8, 4) is 11.5 Å². The van der Waals surface area contributed by atoms with Crippen LogP contribution in [0.15, 0.2) is 65.7 Å². The second-order valence-electron chi connectivity index (χ2n) is 10.4. The number of aldehydes is 1. The van der Waals surface area contributed by atoms with Crippen molar-refractivity contribution < 1.29 is 28.7 Å². The zero-order valence-electron chi connectivity index (χ0n) is 22.9. The van der Waals surface area contributed by atoms with Crippen molar-refractivity contribution in [2.24, 2.45) is 4.99 Å². The van der Waals surface area contributed by atoms with Gasteiger partial charge in [0.1, 0.15) is 17.8 Å². The Balaban J connectivity index is 1.70. The van der Waals surface area contributed by atoms with Crippen molar-refractivity contribution in [2.45, 2.75) is 63.3 Å². The maximum absolute atomic E-state index is 13.3. The van der Waals surface area contributed by atoms with Crippen molar-refractivity contribution >= 4 is 39.1 Å². The van der Waals surface area contributed by atoms with Crippen molar-refractivity contribution in [1.82, 2.24) is 15.5 Å². The number of hydrogen-bond donors (Lipinski definition) is 2. The van der Waals surface area contributed by atoms with Gasteiger partial charge in [0.25, 0.3) is 0 Å². The first-order valence-corrected chi connectivity index (χ1v) is 15.2. The van der Waals surface area contributed by atoms with Gasteiger partial charge in [0.15, 0.2) is 0 Å². The van der Waals surface area contributed by atoms with Crippen LogP contribution in [-0.2, 0) is 9.59 Å². The molecule has 0 unspecified atom stereocenters. The number of rotatable bonds is 8. The minimum Gasteiger partial charge on any atom is -0.410 e. The van der Waals surface area contributed by atoms with Gasteiger partial charge >= 0.3 is 12.2 Å². The molecule has 0 bridgehead atoms. The highest BCUT2D eigenvalue weighted by molar-refractivity contribution is 6.66. The number of nitrogens with zero attached hydrogens (tertiary/aromatic N) is 2. The molecule has 2 atom stereocenters. The molecule has 2 aromatic rings. The summed E-state index contributed by atoms with van der Waals surface area (Å²) in [6.45, 7) is 10.0. The molecule has 3 amide bonds. The van der Waals surface area contributed by atoms with E-state index in [0.29, 0.717) is 24.3 Å². The van der Waals surface area contributed by atoms with Crippen LogP contribution in [0, 0.1) is 0 Å². The summed E-state index contributed by atoms with van der Waals surface area (Å²) in [5, 5.41) is 4.15. The number of amides is 3. The number of likely N-dealkylation sites (tertiary alicyclic amines) is 1. The Morgan fingerprint density at radius 1 is 0.974 bits per heavy atom. The van der Waals surface area contributed by atoms with E-state index in [-0.39, 0.29) is 18.4 Å². The molecule has 0 aromatic heterocycles. The Hall–Kier alpha value is -3.99. The summed E-state index contributed by atoms with van der Waals surface area (Å²) in [4.78, 5) is 56.3. The molecule has 3 rings (SSSR count). The van der Waals surface area contributed by atoms with Crippen LogP contribution >= 0.6 is 0 Å². The number of aliphatic imine (C=N–C) groups is 1. The van der Waals surface area contributed by atoms with Gasteiger partial charge in [0, 0.05) is 12.1 Å². The molecule has 1 saturated heterocycles. The van der Waals surface area contributed by atoms with E-state index in [4.69, 9.17) is 9.47 Å². The Kier molecular flexibility index (Phi) is 9.63. The van der Waals surface area contributed by atoms with Gasteiger partial charge in [-0.1, -0.05) is 49.5 Å². The molecule has 1 radical (unpaired) electrons. The SMILES string of the molecule is C[Si](C)[C@@]1(CCCN=C(NC(=O)Oc2ccccc2)NC(=O)Oc2ccccc2)C(=O)N(C(C)(C)C)[C@H]1C=O. The van der Waals surface area contributed by atoms with E-state index in [9.17, 15) is 19.2 Å². The average Bonchev–Trinajstić information content (AvgIpc) is 2.86. The quantitative estimate of drug-likeness (QED) is 0.125. The molecule has 1 aliphatic rings. The van der Waals surface area contributed by atoms with Crippen LogP contribution in [0.3, 0.4) is 0 Å². The van der Waals surface area contributed by atoms with Gasteiger partial charge < -0.3 is 19.2 Å². The maximum atomic E-state index is 13.3. The molecule has 1 aliphatic heterocycles. The highest BCUT2D eigenvalue weighted by atomic mass is 28.3. The van der Waals surface area contributed by atoms with Crippen LogP contribution in [-0.4, -0.2) is 62.2 Å². The van der Waals surface area contributed by atoms with Crippen LogP contribution in [0.25, 0.3) is 0 Å². The summed E-state index contributed by atoms with van der Waals surface area (Å²) in [5.74, 6) is 0.461. The molecule has 207 valence electrons. The third-order valence-corrected chi connectivity index (χ3v) is 9.02. The maximum Gasteiger partial charge on any atom is 0.419 e. The van der Waals surface area contributed by atoms with Gasteiger partial charge in [0.05, 0.1) is 19.9 Å². The number of carbonyl (C=O) groups excluding carboxylic acids is 4. The average molecular weight is 552 g/mol. The van der Waals surface area contributed by atoms with Gasteiger partial charge in [-0.05, 0) is 57.9 Å². The topological polar surface area (TPSA) is 126 Å².